The SMILES string of the molecule is COc1ccc(N(CC(=O)N(Cc2c(Cl)cccc2Cl)[C@@H](Cc2ccccc2)C(=O)NC(C)(C)C)S(C)(=O)=O)cc1Cl. The number of nitrogens with one attached hydrogen (secondary N) is 1. The minimum atomic E-state index is -3.97. The van der Waals surface area contributed by atoms with Crippen LogP contribution < -0.4 is 14.4 Å². The van der Waals surface area contributed by atoms with Crippen LogP contribution in [0.1, 0.15) is 31.9 Å². The van der Waals surface area contributed by atoms with Crippen LogP contribution in [0.4, 0.5) is 5.69 Å². The molecule has 2 amide bonds. The largest absolute Gasteiger partial charge is 0.495 e. The van der Waals surface area contributed by atoms with Crippen molar-refractivity contribution in [3.05, 3.63) is 92.9 Å². The third kappa shape index (κ3) is 9.01. The number of ether oxygens (including phenoxy) is 1. The molecule has 0 aliphatic rings. The summed E-state index contributed by atoms with van der Waals surface area (Å²) in [5.41, 5.74) is 0.776. The number of hydrogen-bond donors (Lipinski definition) is 1. The van der Waals surface area contributed by atoms with Gasteiger partial charge in [-0.2, -0.15) is 0 Å². The van der Waals surface area contributed by atoms with Gasteiger partial charge < -0.3 is 15.0 Å². The standard InChI is InChI=1S/C30H34Cl3N3O5S/c1-30(2,3)34-29(38)26(16-20-10-7-6-8-11-20)35(18-22-23(31)12-9-13-24(22)32)28(37)19-36(42(5,39)40)21-14-15-27(41-4)25(33)17-21/h6-15,17,26H,16,18-19H2,1-5H3,(H,34,38)/t26-/m0/s1. The number of carbonyl (C=O) groups excluding carboxylic acids is 2. The molecule has 0 unspecified atom stereocenters. The summed E-state index contributed by atoms with van der Waals surface area (Å²) in [5.74, 6) is -0.716. The average molecular weight is 655 g/mol. The van der Waals surface area contributed by atoms with Crippen molar-refractivity contribution in [1.82, 2.24) is 10.2 Å². The van der Waals surface area contributed by atoms with E-state index in [4.69, 9.17) is 39.5 Å². The topological polar surface area (TPSA) is 96.0 Å². The summed E-state index contributed by atoms with van der Waals surface area (Å²) in [6.45, 7) is 4.74. The fourth-order valence-electron chi connectivity index (χ4n) is 4.28. The second-order valence-electron chi connectivity index (χ2n) is 10.8. The smallest absolute Gasteiger partial charge is 0.244 e. The van der Waals surface area contributed by atoms with Crippen molar-refractivity contribution in [3.8, 4) is 5.75 Å². The van der Waals surface area contributed by atoms with Gasteiger partial charge in [-0.25, -0.2) is 8.42 Å². The number of halogens is 3. The molecule has 0 saturated heterocycles. The van der Waals surface area contributed by atoms with E-state index >= 15 is 0 Å². The zero-order valence-corrected chi connectivity index (χ0v) is 27.1. The summed E-state index contributed by atoms with van der Waals surface area (Å²) in [6, 6.07) is 17.5. The van der Waals surface area contributed by atoms with Gasteiger partial charge in [0.15, 0.2) is 0 Å². The molecule has 42 heavy (non-hydrogen) atoms. The number of methoxy groups -OCH3 is 1. The number of benzene rings is 3. The van der Waals surface area contributed by atoms with E-state index in [1.54, 1.807) is 18.2 Å². The van der Waals surface area contributed by atoms with Crippen LogP contribution in [-0.4, -0.2) is 56.6 Å². The van der Waals surface area contributed by atoms with Crippen LogP contribution in [0.2, 0.25) is 15.1 Å². The molecular weight excluding hydrogens is 621 g/mol. The van der Waals surface area contributed by atoms with Crippen molar-refractivity contribution in [3.63, 3.8) is 0 Å². The molecule has 0 heterocycles. The Morgan fingerprint density at radius 1 is 0.929 bits per heavy atom. The van der Waals surface area contributed by atoms with E-state index < -0.39 is 40.0 Å². The van der Waals surface area contributed by atoms with E-state index in [0.29, 0.717) is 21.4 Å². The van der Waals surface area contributed by atoms with Crippen LogP contribution in [0.3, 0.4) is 0 Å². The Hall–Kier alpha value is -2.98. The molecule has 0 saturated carbocycles. The Labute approximate surface area is 262 Å². The Bertz CT molecular complexity index is 1510. The van der Waals surface area contributed by atoms with Crippen LogP contribution in [0.5, 0.6) is 5.75 Å². The third-order valence-electron chi connectivity index (χ3n) is 6.26. The van der Waals surface area contributed by atoms with E-state index in [0.717, 1.165) is 16.1 Å². The summed E-state index contributed by atoms with van der Waals surface area (Å²) in [5, 5.41) is 3.74. The highest BCUT2D eigenvalue weighted by Gasteiger charge is 2.35. The van der Waals surface area contributed by atoms with E-state index in [2.05, 4.69) is 5.32 Å². The highest BCUT2D eigenvalue weighted by molar-refractivity contribution is 7.92. The lowest BCUT2D eigenvalue weighted by Gasteiger charge is -2.35. The molecule has 3 aromatic rings. The van der Waals surface area contributed by atoms with Crippen molar-refractivity contribution < 1.29 is 22.7 Å². The van der Waals surface area contributed by atoms with Crippen molar-refractivity contribution in [2.45, 2.75) is 45.3 Å². The van der Waals surface area contributed by atoms with Crippen molar-refractivity contribution in [2.75, 3.05) is 24.2 Å². The fourth-order valence-corrected chi connectivity index (χ4v) is 5.90. The highest BCUT2D eigenvalue weighted by atomic mass is 35.5. The number of hydrogen-bond acceptors (Lipinski definition) is 5. The first kappa shape index (κ1) is 33.5. The van der Waals surface area contributed by atoms with Crippen LogP contribution in [-0.2, 0) is 32.6 Å². The van der Waals surface area contributed by atoms with Gasteiger partial charge in [-0.1, -0.05) is 71.2 Å². The summed E-state index contributed by atoms with van der Waals surface area (Å²) < 4.78 is 32.0. The van der Waals surface area contributed by atoms with Crippen molar-refractivity contribution in [1.29, 1.82) is 0 Å². The molecule has 1 N–H and O–H groups in total. The van der Waals surface area contributed by atoms with Gasteiger partial charge >= 0.3 is 0 Å². The van der Waals surface area contributed by atoms with E-state index in [1.165, 1.54) is 30.2 Å². The minimum absolute atomic E-state index is 0.145. The van der Waals surface area contributed by atoms with Gasteiger partial charge in [-0.3, -0.25) is 13.9 Å². The number of sulfonamides is 1. The van der Waals surface area contributed by atoms with Crippen molar-refractivity contribution >= 4 is 62.3 Å². The maximum Gasteiger partial charge on any atom is 0.244 e. The Morgan fingerprint density at radius 2 is 1.55 bits per heavy atom. The van der Waals surface area contributed by atoms with Gasteiger partial charge in [0.25, 0.3) is 0 Å². The molecule has 0 aliphatic carbocycles. The lowest BCUT2D eigenvalue weighted by molar-refractivity contribution is -0.140. The summed E-state index contributed by atoms with van der Waals surface area (Å²) in [4.78, 5) is 29.3. The highest BCUT2D eigenvalue weighted by Crippen LogP contribution is 2.31. The van der Waals surface area contributed by atoms with Gasteiger partial charge in [-0.05, 0) is 56.7 Å². The molecule has 0 fully saturated rings. The van der Waals surface area contributed by atoms with Gasteiger partial charge in [0.05, 0.1) is 24.1 Å². The zero-order chi connectivity index (χ0) is 31.2. The maximum absolute atomic E-state index is 14.2. The van der Waals surface area contributed by atoms with Gasteiger partial charge in [0, 0.05) is 34.1 Å². The fraction of sp³-hybridized carbons (Fsp3) is 0.333. The summed E-state index contributed by atoms with van der Waals surface area (Å²) >= 11 is 19.3. The molecule has 3 aromatic carbocycles. The molecular formula is C30H34Cl3N3O5S. The van der Waals surface area contributed by atoms with Gasteiger partial charge in [0.2, 0.25) is 21.8 Å². The second-order valence-corrected chi connectivity index (χ2v) is 13.9. The van der Waals surface area contributed by atoms with Gasteiger partial charge in [0.1, 0.15) is 18.3 Å². The lowest BCUT2D eigenvalue weighted by atomic mass is 10.0. The number of carbonyl (C=O) groups is 2. The number of amides is 2. The Balaban J connectivity index is 2.13. The number of anilines is 1. The second kappa shape index (κ2) is 14.0. The molecule has 0 spiro atoms. The molecule has 1 atom stereocenters. The minimum Gasteiger partial charge on any atom is -0.495 e. The predicted octanol–water partition coefficient (Wildman–Crippen LogP) is 5.98. The van der Waals surface area contributed by atoms with Crippen LogP contribution in [0, 0.1) is 0 Å². The molecule has 3 rings (SSSR count). The molecule has 8 nitrogen and oxygen atoms in total. The molecule has 0 bridgehead atoms. The van der Waals surface area contributed by atoms with E-state index in [1.807, 2.05) is 51.1 Å². The first-order chi connectivity index (χ1) is 19.6. The van der Waals surface area contributed by atoms with Gasteiger partial charge in [-0.15, -0.1) is 0 Å². The molecule has 0 radical (unpaired) electrons. The normalized spacial score (nSPS) is 12.4. The maximum atomic E-state index is 14.2. The number of nitrogens with zero attached hydrogens (tertiary/aromatic N) is 2. The molecule has 12 heteroatoms. The molecule has 0 aliphatic heterocycles. The molecule has 0 aromatic heterocycles. The van der Waals surface area contributed by atoms with E-state index in [-0.39, 0.29) is 23.7 Å². The van der Waals surface area contributed by atoms with Crippen LogP contribution in [0.25, 0.3) is 0 Å². The Morgan fingerprint density at radius 3 is 2.07 bits per heavy atom. The first-order valence-electron chi connectivity index (χ1n) is 13.0. The zero-order valence-electron chi connectivity index (χ0n) is 24.0. The molecule has 226 valence electrons. The monoisotopic (exact) mass is 653 g/mol. The lowest BCUT2D eigenvalue weighted by Crippen LogP contribution is -2.56. The Kier molecular flexibility index (Phi) is 11.2. The summed E-state index contributed by atoms with van der Waals surface area (Å²) in [6.07, 6.45) is 1.14. The average Bonchev–Trinajstić information content (AvgIpc) is 2.89. The van der Waals surface area contributed by atoms with E-state index in [9.17, 15) is 18.0 Å². The third-order valence-corrected chi connectivity index (χ3v) is 8.41. The van der Waals surface area contributed by atoms with Crippen molar-refractivity contribution in [2.24, 2.45) is 0 Å². The summed E-state index contributed by atoms with van der Waals surface area (Å²) in [7, 11) is -2.54. The first-order valence-corrected chi connectivity index (χ1v) is 16.0. The predicted molar refractivity (Wildman–Crippen MR) is 169 cm³/mol. The number of rotatable bonds is 11. The quantitative estimate of drug-likeness (QED) is 0.275. The van der Waals surface area contributed by atoms with Crippen LogP contribution >= 0.6 is 34.8 Å². The van der Waals surface area contributed by atoms with Crippen LogP contribution in [0.15, 0.2) is 66.7 Å².